The van der Waals surface area contributed by atoms with Crippen LogP contribution in [0.4, 0.5) is 0 Å². The molecule has 0 aromatic rings. The van der Waals surface area contributed by atoms with Crippen molar-refractivity contribution in [2.45, 2.75) is 13.0 Å². The van der Waals surface area contributed by atoms with Crippen molar-refractivity contribution < 1.29 is 14.9 Å². The van der Waals surface area contributed by atoms with Crippen molar-refractivity contribution in [1.82, 2.24) is 5.32 Å². The minimum atomic E-state index is -0.855. The molecule has 0 bridgehead atoms. The number of aliphatic hydroxyl groups is 2. The second-order valence-electron chi connectivity index (χ2n) is 1.97. The predicted octanol–water partition coefficient (Wildman–Crippen LogP) is -0.749. The summed E-state index contributed by atoms with van der Waals surface area (Å²) in [5, 5.41) is 20.2. The van der Waals surface area contributed by atoms with Gasteiger partial charge < -0.3 is 20.3 Å². The molecule has 0 aromatic carbocycles. The van der Waals surface area contributed by atoms with Crippen LogP contribution in [0.15, 0.2) is 0 Å². The van der Waals surface area contributed by atoms with Crippen molar-refractivity contribution in [3.8, 4) is 0 Å². The van der Waals surface area contributed by atoms with Crippen molar-refractivity contribution in [1.29, 1.82) is 0 Å². The van der Waals surface area contributed by atoms with E-state index in [9.17, 15) is 0 Å². The molecular weight excluding hydrogens is 166 g/mol. The molecule has 1 atom stereocenters. The van der Waals surface area contributed by atoms with Crippen LogP contribution in [0.3, 0.4) is 0 Å². The summed E-state index contributed by atoms with van der Waals surface area (Å²) in [6, 6.07) is 0. The molecule has 11 heavy (non-hydrogen) atoms. The first kappa shape index (κ1) is 10.6. The zero-order chi connectivity index (χ0) is 8.69. The maximum Gasteiger partial charge on any atom is 0.256 e. The lowest BCUT2D eigenvalue weighted by atomic mass is 10.4. The molecule has 0 unspecified atom stereocenters. The van der Waals surface area contributed by atoms with Gasteiger partial charge in [-0.2, -0.15) is 0 Å². The Morgan fingerprint density at radius 1 is 1.73 bits per heavy atom. The van der Waals surface area contributed by atoms with Gasteiger partial charge in [-0.05, 0) is 19.1 Å². The third-order valence-corrected chi connectivity index (χ3v) is 1.20. The molecule has 5 heteroatoms. The lowest BCUT2D eigenvalue weighted by Crippen LogP contribution is -2.28. The Morgan fingerprint density at radius 2 is 2.36 bits per heavy atom. The van der Waals surface area contributed by atoms with E-state index in [1.165, 1.54) is 0 Å². The van der Waals surface area contributed by atoms with Crippen molar-refractivity contribution in [2.24, 2.45) is 0 Å². The highest BCUT2D eigenvalue weighted by Crippen LogP contribution is 1.84. The first-order valence-corrected chi connectivity index (χ1v) is 3.81. The molecule has 0 spiro atoms. The number of ether oxygens (including phenoxy) is 1. The van der Waals surface area contributed by atoms with Gasteiger partial charge in [0.15, 0.2) is 0 Å². The number of rotatable bonds is 4. The van der Waals surface area contributed by atoms with E-state index in [4.69, 9.17) is 27.2 Å². The van der Waals surface area contributed by atoms with E-state index in [-0.39, 0.29) is 18.4 Å². The largest absolute Gasteiger partial charge is 0.468 e. The average molecular weight is 179 g/mol. The molecule has 4 nitrogen and oxygen atoms in total. The van der Waals surface area contributed by atoms with E-state index < -0.39 is 6.10 Å². The lowest BCUT2D eigenvalue weighted by Gasteiger charge is -2.10. The van der Waals surface area contributed by atoms with E-state index in [0.717, 1.165) is 0 Å². The van der Waals surface area contributed by atoms with Crippen LogP contribution in [0, 0.1) is 0 Å². The van der Waals surface area contributed by atoms with Crippen LogP contribution in [0.5, 0.6) is 0 Å². The molecule has 0 radical (unpaired) electrons. The fourth-order valence-corrected chi connectivity index (χ4v) is 0.632. The van der Waals surface area contributed by atoms with Gasteiger partial charge >= 0.3 is 0 Å². The summed E-state index contributed by atoms with van der Waals surface area (Å²) in [7, 11) is 0. The topological polar surface area (TPSA) is 61.7 Å². The molecule has 0 amide bonds. The molecule has 0 heterocycles. The van der Waals surface area contributed by atoms with Crippen molar-refractivity contribution >= 4 is 17.4 Å². The maximum atomic E-state index is 8.81. The van der Waals surface area contributed by atoms with Crippen LogP contribution in [0.1, 0.15) is 6.92 Å². The van der Waals surface area contributed by atoms with Crippen LogP contribution in [0.2, 0.25) is 0 Å². The summed E-state index contributed by atoms with van der Waals surface area (Å²) in [4.78, 5) is 0. The normalized spacial score (nSPS) is 12.3. The van der Waals surface area contributed by atoms with Crippen molar-refractivity contribution in [3.63, 3.8) is 0 Å². The fraction of sp³-hybridized carbons (Fsp3) is 0.833. The zero-order valence-electron chi connectivity index (χ0n) is 6.41. The molecule has 0 fully saturated rings. The second-order valence-corrected chi connectivity index (χ2v) is 2.34. The molecule has 0 aliphatic carbocycles. The molecule has 0 rings (SSSR count). The van der Waals surface area contributed by atoms with Gasteiger partial charge in [0.25, 0.3) is 5.17 Å². The van der Waals surface area contributed by atoms with E-state index in [2.05, 4.69) is 5.32 Å². The van der Waals surface area contributed by atoms with Gasteiger partial charge in [-0.1, -0.05) is 0 Å². The molecule has 0 saturated carbocycles. The monoisotopic (exact) mass is 179 g/mol. The lowest BCUT2D eigenvalue weighted by molar-refractivity contribution is 0.0493. The Balaban J connectivity index is 3.30. The van der Waals surface area contributed by atoms with Gasteiger partial charge in [0, 0.05) is 6.54 Å². The Morgan fingerprint density at radius 3 is 2.82 bits per heavy atom. The Labute approximate surface area is 71.2 Å². The first-order valence-electron chi connectivity index (χ1n) is 3.40. The minimum Gasteiger partial charge on any atom is -0.468 e. The molecule has 0 saturated heterocycles. The summed E-state index contributed by atoms with van der Waals surface area (Å²) in [5.74, 6) is 0. The van der Waals surface area contributed by atoms with Gasteiger partial charge in [0.1, 0.15) is 12.7 Å². The summed E-state index contributed by atoms with van der Waals surface area (Å²) in [6.07, 6.45) is -0.855. The number of hydrogen-bond donors (Lipinski definition) is 3. The average Bonchev–Trinajstić information content (AvgIpc) is 2.01. The van der Waals surface area contributed by atoms with Gasteiger partial charge in [-0.25, -0.2) is 0 Å². The van der Waals surface area contributed by atoms with E-state index in [1.54, 1.807) is 0 Å². The van der Waals surface area contributed by atoms with E-state index in [1.807, 2.05) is 6.92 Å². The molecule has 66 valence electrons. The van der Waals surface area contributed by atoms with Gasteiger partial charge in [-0.3, -0.25) is 0 Å². The number of hydrogen-bond acceptors (Lipinski definition) is 4. The Hall–Kier alpha value is -0.390. The molecule has 0 aliphatic heterocycles. The first-order chi connectivity index (χ1) is 5.20. The molecule has 0 aliphatic rings. The third-order valence-electron chi connectivity index (χ3n) is 0.939. The van der Waals surface area contributed by atoms with Crippen molar-refractivity contribution in [3.05, 3.63) is 0 Å². The maximum absolute atomic E-state index is 8.81. The highest BCUT2D eigenvalue weighted by Gasteiger charge is 2.02. The highest BCUT2D eigenvalue weighted by molar-refractivity contribution is 7.80. The summed E-state index contributed by atoms with van der Waals surface area (Å²) in [5.41, 5.74) is 0. The predicted molar refractivity (Wildman–Crippen MR) is 45.3 cm³/mol. The summed E-state index contributed by atoms with van der Waals surface area (Å²) < 4.78 is 4.85. The van der Waals surface area contributed by atoms with Crippen LogP contribution in [-0.2, 0) is 4.74 Å². The number of aliphatic hydroxyl groups excluding tert-OH is 2. The SMILES string of the molecule is CCNC(=S)OC[C@H](O)CO. The van der Waals surface area contributed by atoms with Crippen LogP contribution in [0.25, 0.3) is 0 Å². The van der Waals surface area contributed by atoms with E-state index >= 15 is 0 Å². The smallest absolute Gasteiger partial charge is 0.256 e. The van der Waals surface area contributed by atoms with Gasteiger partial charge in [0.2, 0.25) is 0 Å². The summed E-state index contributed by atoms with van der Waals surface area (Å²) >= 11 is 4.69. The van der Waals surface area contributed by atoms with Gasteiger partial charge in [-0.15, -0.1) is 0 Å². The number of nitrogens with one attached hydrogen (secondary N) is 1. The van der Waals surface area contributed by atoms with Crippen LogP contribution < -0.4 is 5.32 Å². The summed E-state index contributed by atoms with van der Waals surface area (Å²) in [6.45, 7) is 2.29. The van der Waals surface area contributed by atoms with Gasteiger partial charge in [0.05, 0.1) is 6.61 Å². The highest BCUT2D eigenvalue weighted by atomic mass is 32.1. The standard InChI is InChI=1S/C6H13NO3S/c1-2-7-6(11)10-4-5(9)3-8/h5,8-9H,2-4H2,1H3,(H,7,11)/t5-/m1/s1. The molecule has 3 N–H and O–H groups in total. The molecular formula is C6H13NO3S. The second kappa shape index (κ2) is 6.33. The Kier molecular flexibility index (Phi) is 6.10. The quantitative estimate of drug-likeness (QED) is 0.496. The minimum absolute atomic E-state index is 0.0301. The Bertz CT molecular complexity index is 120. The third kappa shape index (κ3) is 6.03. The van der Waals surface area contributed by atoms with Crippen molar-refractivity contribution in [2.75, 3.05) is 19.8 Å². The number of thiocarbonyl (C=S) groups is 1. The van der Waals surface area contributed by atoms with Crippen LogP contribution in [-0.4, -0.2) is 41.3 Å². The van der Waals surface area contributed by atoms with E-state index in [0.29, 0.717) is 6.54 Å². The fourth-order valence-electron chi connectivity index (χ4n) is 0.420. The zero-order valence-corrected chi connectivity index (χ0v) is 7.23. The van der Waals surface area contributed by atoms with Crippen LogP contribution >= 0.6 is 12.2 Å². The molecule has 0 aromatic heterocycles.